The van der Waals surface area contributed by atoms with Gasteiger partial charge in [-0.3, -0.25) is 0 Å². The summed E-state index contributed by atoms with van der Waals surface area (Å²) in [4.78, 5) is 22.6. The summed E-state index contributed by atoms with van der Waals surface area (Å²) in [5.74, 6) is -0.472. The number of hydrogen-bond acceptors (Lipinski definition) is 4. The second-order valence-corrected chi connectivity index (χ2v) is 4.30. The number of urea groups is 1. The van der Waals surface area contributed by atoms with Gasteiger partial charge >= 0.3 is 12.0 Å². The number of amides is 2. The number of hydrogen-bond donors (Lipinski definition) is 3. The molecule has 7 heteroatoms. The molecule has 1 aromatic rings. The van der Waals surface area contributed by atoms with Gasteiger partial charge in [-0.1, -0.05) is 17.7 Å². The molecule has 1 heterocycles. The van der Waals surface area contributed by atoms with Gasteiger partial charge in [0.15, 0.2) is 0 Å². The Bertz CT molecular complexity index is 557. The molecule has 0 aliphatic carbocycles. The maximum Gasteiger partial charge on any atom is 0.333 e. The van der Waals surface area contributed by atoms with E-state index < -0.39 is 12.0 Å². The van der Waals surface area contributed by atoms with Gasteiger partial charge in [0.05, 0.1) is 5.70 Å². The van der Waals surface area contributed by atoms with Gasteiger partial charge < -0.3 is 21.1 Å². The van der Waals surface area contributed by atoms with E-state index >= 15 is 0 Å². The normalized spacial score (nSPS) is 13.8. The minimum absolute atomic E-state index is 0.0611. The van der Waals surface area contributed by atoms with Crippen molar-refractivity contribution >= 4 is 29.3 Å². The Morgan fingerprint density at radius 2 is 2.21 bits per heavy atom. The molecule has 1 aliphatic rings. The Morgan fingerprint density at radius 1 is 1.42 bits per heavy atom. The third kappa shape index (κ3) is 3.46. The van der Waals surface area contributed by atoms with E-state index in [0.29, 0.717) is 16.4 Å². The van der Waals surface area contributed by atoms with E-state index in [9.17, 15) is 9.59 Å². The van der Waals surface area contributed by atoms with Crippen LogP contribution in [0.4, 0.5) is 10.5 Å². The van der Waals surface area contributed by atoms with Gasteiger partial charge in [-0.25, -0.2) is 9.59 Å². The van der Waals surface area contributed by atoms with Crippen molar-refractivity contribution in [1.29, 1.82) is 0 Å². The van der Waals surface area contributed by atoms with E-state index in [1.807, 2.05) is 0 Å². The summed E-state index contributed by atoms with van der Waals surface area (Å²) >= 11 is 5.86. The second-order valence-electron chi connectivity index (χ2n) is 3.86. The van der Waals surface area contributed by atoms with E-state index in [-0.39, 0.29) is 13.2 Å². The van der Waals surface area contributed by atoms with Gasteiger partial charge in [-0.2, -0.15) is 0 Å². The van der Waals surface area contributed by atoms with Crippen molar-refractivity contribution in [3.63, 3.8) is 0 Å². The lowest BCUT2D eigenvalue weighted by molar-refractivity contribution is -0.134. The fraction of sp³-hybridized carbons (Fsp3) is 0.167. The summed E-state index contributed by atoms with van der Waals surface area (Å²) in [6, 6.07) is 4.55. The summed E-state index contributed by atoms with van der Waals surface area (Å²) in [6.45, 7) is 0.336. The summed E-state index contributed by atoms with van der Waals surface area (Å²) in [6.07, 6.45) is 1.22. The van der Waals surface area contributed by atoms with Crippen molar-refractivity contribution in [2.75, 3.05) is 11.9 Å². The number of rotatable bonds is 3. The average Bonchev–Trinajstić information content (AvgIpc) is 2.75. The zero-order valence-electron chi connectivity index (χ0n) is 9.90. The molecule has 0 radical (unpaired) electrons. The highest BCUT2D eigenvalue weighted by Crippen LogP contribution is 2.20. The number of ether oxygens (including phenoxy) is 1. The number of anilines is 1. The molecule has 0 aromatic heterocycles. The van der Waals surface area contributed by atoms with Crippen LogP contribution in [-0.2, 0) is 16.1 Å². The molecular formula is C12H12ClN3O3. The predicted molar refractivity (Wildman–Crippen MR) is 70.5 cm³/mol. The molecule has 1 aliphatic heterocycles. The van der Waals surface area contributed by atoms with Crippen molar-refractivity contribution in [3.05, 3.63) is 40.6 Å². The standard InChI is InChI=1S/C12H12ClN3O3/c13-8-2-1-7(5-14)10(3-8)16-12(18)15-9-4-11(17)19-6-9/h1-4H,5-6,14H2,(H2,15,16,18). The first-order chi connectivity index (χ1) is 9.08. The third-order valence-electron chi connectivity index (χ3n) is 2.48. The van der Waals surface area contributed by atoms with E-state index in [0.717, 1.165) is 5.56 Å². The number of nitrogens with two attached hydrogens (primary N) is 1. The summed E-state index contributed by atoms with van der Waals surface area (Å²) in [5, 5.41) is 5.62. The Morgan fingerprint density at radius 3 is 2.84 bits per heavy atom. The van der Waals surface area contributed by atoms with Gasteiger partial charge in [0.2, 0.25) is 0 Å². The highest BCUT2D eigenvalue weighted by molar-refractivity contribution is 6.31. The number of nitrogens with one attached hydrogen (secondary N) is 2. The average molecular weight is 282 g/mol. The number of halogens is 1. The lowest BCUT2D eigenvalue weighted by atomic mass is 10.2. The topological polar surface area (TPSA) is 93.5 Å². The van der Waals surface area contributed by atoms with Crippen LogP contribution in [0.5, 0.6) is 0 Å². The van der Waals surface area contributed by atoms with Gasteiger partial charge in [0.1, 0.15) is 6.61 Å². The molecule has 19 heavy (non-hydrogen) atoms. The van der Waals surface area contributed by atoms with Crippen LogP contribution in [0.2, 0.25) is 5.02 Å². The highest BCUT2D eigenvalue weighted by Gasteiger charge is 2.15. The largest absolute Gasteiger partial charge is 0.456 e. The van der Waals surface area contributed by atoms with E-state index in [1.54, 1.807) is 18.2 Å². The minimum atomic E-state index is -0.485. The Balaban J connectivity index is 2.04. The molecule has 0 atom stereocenters. The van der Waals surface area contributed by atoms with Crippen LogP contribution in [-0.4, -0.2) is 18.6 Å². The van der Waals surface area contributed by atoms with Crippen molar-refractivity contribution < 1.29 is 14.3 Å². The monoisotopic (exact) mass is 281 g/mol. The van der Waals surface area contributed by atoms with Crippen molar-refractivity contribution in [3.8, 4) is 0 Å². The van der Waals surface area contributed by atoms with E-state index in [2.05, 4.69) is 15.4 Å². The zero-order valence-corrected chi connectivity index (χ0v) is 10.7. The molecule has 2 rings (SSSR count). The minimum Gasteiger partial charge on any atom is -0.456 e. The molecular weight excluding hydrogens is 270 g/mol. The Labute approximate surface area is 114 Å². The van der Waals surface area contributed by atoms with Crippen molar-refractivity contribution in [2.24, 2.45) is 5.73 Å². The first-order valence-corrected chi connectivity index (χ1v) is 5.90. The molecule has 0 spiro atoms. The van der Waals surface area contributed by atoms with Gasteiger partial charge in [0.25, 0.3) is 0 Å². The molecule has 0 saturated carbocycles. The van der Waals surface area contributed by atoms with E-state index in [4.69, 9.17) is 17.3 Å². The lowest BCUT2D eigenvalue weighted by Crippen LogP contribution is -2.29. The van der Waals surface area contributed by atoms with Crippen LogP contribution >= 0.6 is 11.6 Å². The molecule has 0 unspecified atom stereocenters. The molecule has 2 amide bonds. The SMILES string of the molecule is NCc1ccc(Cl)cc1NC(=O)NC1=CC(=O)OC1. The zero-order chi connectivity index (χ0) is 13.8. The van der Waals surface area contributed by atoms with Crippen LogP contribution in [0.1, 0.15) is 5.56 Å². The first kappa shape index (κ1) is 13.4. The fourth-order valence-corrected chi connectivity index (χ4v) is 1.76. The van der Waals surface area contributed by atoms with Gasteiger partial charge in [0, 0.05) is 23.3 Å². The predicted octanol–water partition coefficient (Wildman–Crippen LogP) is 1.36. The Kier molecular flexibility index (Phi) is 4.03. The first-order valence-electron chi connectivity index (χ1n) is 5.52. The third-order valence-corrected chi connectivity index (χ3v) is 2.71. The molecule has 0 saturated heterocycles. The number of cyclic esters (lactones) is 1. The lowest BCUT2D eigenvalue weighted by Gasteiger charge is -2.11. The number of carbonyl (C=O) groups excluding carboxylic acids is 2. The second kappa shape index (κ2) is 5.73. The van der Waals surface area contributed by atoms with Gasteiger partial charge in [-0.15, -0.1) is 0 Å². The molecule has 100 valence electrons. The summed E-state index contributed by atoms with van der Waals surface area (Å²) in [7, 11) is 0. The van der Waals surface area contributed by atoms with Crippen molar-refractivity contribution in [1.82, 2.24) is 5.32 Å². The quantitative estimate of drug-likeness (QED) is 0.729. The summed E-state index contributed by atoms with van der Waals surface area (Å²) in [5.41, 5.74) is 7.25. The van der Waals surface area contributed by atoms with E-state index in [1.165, 1.54) is 6.08 Å². The van der Waals surface area contributed by atoms with Crippen LogP contribution in [0.15, 0.2) is 30.0 Å². The fourth-order valence-electron chi connectivity index (χ4n) is 1.59. The number of carbonyl (C=O) groups is 2. The van der Waals surface area contributed by atoms with Crippen LogP contribution in [0.25, 0.3) is 0 Å². The maximum absolute atomic E-state index is 11.7. The smallest absolute Gasteiger partial charge is 0.333 e. The molecule has 0 bridgehead atoms. The molecule has 6 nitrogen and oxygen atoms in total. The number of esters is 1. The highest BCUT2D eigenvalue weighted by atomic mass is 35.5. The molecule has 0 fully saturated rings. The summed E-state index contributed by atoms with van der Waals surface area (Å²) < 4.78 is 4.67. The van der Waals surface area contributed by atoms with Crippen LogP contribution < -0.4 is 16.4 Å². The Hall–Kier alpha value is -2.05. The molecule has 1 aromatic carbocycles. The van der Waals surface area contributed by atoms with Crippen molar-refractivity contribution in [2.45, 2.75) is 6.54 Å². The number of benzene rings is 1. The van der Waals surface area contributed by atoms with Gasteiger partial charge in [-0.05, 0) is 17.7 Å². The molecule has 4 N–H and O–H groups in total. The van der Waals surface area contributed by atoms with Crippen LogP contribution in [0, 0.1) is 0 Å². The maximum atomic E-state index is 11.7. The van der Waals surface area contributed by atoms with Crippen LogP contribution in [0.3, 0.4) is 0 Å².